The zero-order valence-corrected chi connectivity index (χ0v) is 17.2. The van der Waals surface area contributed by atoms with E-state index in [-0.39, 0.29) is 5.92 Å². The molecular formula is C23H17BrClNO2. The molecule has 1 saturated carbocycles. The van der Waals surface area contributed by atoms with Crippen LogP contribution in [0.25, 0.3) is 0 Å². The summed E-state index contributed by atoms with van der Waals surface area (Å²) in [6.07, 6.45) is 0.958. The topological polar surface area (TPSA) is 38.7 Å². The van der Waals surface area contributed by atoms with Crippen molar-refractivity contribution in [2.45, 2.75) is 12.3 Å². The van der Waals surface area contributed by atoms with E-state index < -0.39 is 5.97 Å². The van der Waals surface area contributed by atoms with Gasteiger partial charge in [0, 0.05) is 15.4 Å². The molecule has 5 heteroatoms. The summed E-state index contributed by atoms with van der Waals surface area (Å²) in [5.74, 6) is 0.0833. The van der Waals surface area contributed by atoms with E-state index >= 15 is 0 Å². The maximum Gasteiger partial charge on any atom is 0.365 e. The minimum atomic E-state index is -0.459. The number of halogens is 2. The fourth-order valence-electron chi connectivity index (χ4n) is 3.25. The first-order valence-corrected chi connectivity index (χ1v) is 10.1. The third-order valence-corrected chi connectivity index (χ3v) is 5.60. The van der Waals surface area contributed by atoms with E-state index in [1.165, 1.54) is 5.56 Å². The Morgan fingerprint density at radius 2 is 1.61 bits per heavy atom. The van der Waals surface area contributed by atoms with Gasteiger partial charge in [-0.3, -0.25) is 0 Å². The van der Waals surface area contributed by atoms with E-state index in [0.717, 1.165) is 27.2 Å². The lowest BCUT2D eigenvalue weighted by molar-refractivity contribution is 0.0515. The average Bonchev–Trinajstić information content (AvgIpc) is 3.51. The van der Waals surface area contributed by atoms with Crippen LogP contribution in [-0.4, -0.2) is 11.7 Å². The summed E-state index contributed by atoms with van der Waals surface area (Å²) in [6, 6.07) is 24.7. The van der Waals surface area contributed by atoms with Crippen LogP contribution < -0.4 is 0 Å². The molecule has 3 aromatic carbocycles. The predicted octanol–water partition coefficient (Wildman–Crippen LogP) is 6.47. The summed E-state index contributed by atoms with van der Waals surface area (Å²) in [5, 5.41) is 5.00. The van der Waals surface area contributed by atoms with E-state index in [0.29, 0.717) is 11.5 Å². The molecule has 3 aromatic rings. The van der Waals surface area contributed by atoms with Crippen LogP contribution in [0, 0.1) is 5.92 Å². The second-order valence-corrected chi connectivity index (χ2v) is 8.08. The molecule has 28 heavy (non-hydrogen) atoms. The molecular weight excluding hydrogens is 438 g/mol. The zero-order valence-electron chi connectivity index (χ0n) is 14.9. The van der Waals surface area contributed by atoms with Crippen LogP contribution >= 0.6 is 27.5 Å². The molecule has 0 radical (unpaired) electrons. The first-order chi connectivity index (χ1) is 13.6. The summed E-state index contributed by atoms with van der Waals surface area (Å²) >= 11 is 9.46. The SMILES string of the molecule is O=C(O/N=C(/c1ccc(Br)cc1)[C@H]1C[C@@H]1c1ccc(Cl)cc1)c1ccccc1. The molecule has 0 heterocycles. The van der Waals surface area contributed by atoms with Crippen LogP contribution in [0.1, 0.15) is 33.8 Å². The molecule has 0 bridgehead atoms. The van der Waals surface area contributed by atoms with E-state index in [1.54, 1.807) is 24.3 Å². The minimum absolute atomic E-state index is 0.200. The second-order valence-electron chi connectivity index (χ2n) is 6.73. The monoisotopic (exact) mass is 453 g/mol. The fourth-order valence-corrected chi connectivity index (χ4v) is 3.64. The van der Waals surface area contributed by atoms with E-state index in [9.17, 15) is 4.79 Å². The molecule has 0 amide bonds. The predicted molar refractivity (Wildman–Crippen MR) is 115 cm³/mol. The van der Waals surface area contributed by atoms with Crippen molar-refractivity contribution in [2.75, 3.05) is 0 Å². The van der Waals surface area contributed by atoms with Crippen molar-refractivity contribution in [3.63, 3.8) is 0 Å². The number of carbonyl (C=O) groups excluding carboxylic acids is 1. The minimum Gasteiger partial charge on any atom is -0.313 e. The maximum atomic E-state index is 12.3. The summed E-state index contributed by atoms with van der Waals surface area (Å²) in [5.41, 5.74) is 3.43. The molecule has 0 aliphatic heterocycles. The van der Waals surface area contributed by atoms with Crippen LogP contribution in [0.4, 0.5) is 0 Å². The largest absolute Gasteiger partial charge is 0.365 e. The van der Waals surface area contributed by atoms with Crippen molar-refractivity contribution in [2.24, 2.45) is 11.1 Å². The van der Waals surface area contributed by atoms with Gasteiger partial charge in [-0.05, 0) is 59.9 Å². The van der Waals surface area contributed by atoms with Gasteiger partial charge in [-0.2, -0.15) is 0 Å². The number of hydrogen-bond donors (Lipinski definition) is 0. The number of oxime groups is 1. The third kappa shape index (κ3) is 4.34. The van der Waals surface area contributed by atoms with Gasteiger partial charge in [0.2, 0.25) is 0 Å². The molecule has 3 nitrogen and oxygen atoms in total. The van der Waals surface area contributed by atoms with Crippen LogP contribution in [-0.2, 0) is 4.84 Å². The fraction of sp³-hybridized carbons (Fsp3) is 0.130. The van der Waals surface area contributed by atoms with Gasteiger partial charge in [-0.25, -0.2) is 4.79 Å². The van der Waals surface area contributed by atoms with Gasteiger partial charge in [0.15, 0.2) is 0 Å². The number of hydrogen-bond acceptors (Lipinski definition) is 3. The lowest BCUT2D eigenvalue weighted by atomic mass is 10.0. The van der Waals surface area contributed by atoms with Gasteiger partial charge in [-0.15, -0.1) is 0 Å². The molecule has 4 rings (SSSR count). The van der Waals surface area contributed by atoms with E-state index in [2.05, 4.69) is 21.1 Å². The standard InChI is InChI=1S/C23H17BrClNO2/c24-18-10-6-16(7-11-18)22(26-28-23(27)17-4-2-1-3-5-17)21-14-20(21)15-8-12-19(25)13-9-15/h1-13,20-21H,14H2/b26-22-/t20-,21+/m1/s1. The Kier molecular flexibility index (Phi) is 5.60. The van der Waals surface area contributed by atoms with Crippen LogP contribution in [0.2, 0.25) is 5.02 Å². The third-order valence-electron chi connectivity index (χ3n) is 4.82. The number of rotatable bonds is 5. The number of nitrogens with zero attached hydrogens (tertiary/aromatic N) is 1. The van der Waals surface area contributed by atoms with Gasteiger partial charge in [0.05, 0.1) is 11.3 Å². The highest BCUT2D eigenvalue weighted by molar-refractivity contribution is 9.10. The van der Waals surface area contributed by atoms with Gasteiger partial charge in [0.1, 0.15) is 0 Å². The zero-order chi connectivity index (χ0) is 19.5. The van der Waals surface area contributed by atoms with E-state index in [4.69, 9.17) is 16.4 Å². The van der Waals surface area contributed by atoms with Gasteiger partial charge < -0.3 is 4.84 Å². The highest BCUT2D eigenvalue weighted by Crippen LogP contribution is 2.49. The Hall–Kier alpha value is -2.43. The molecule has 1 aliphatic rings. The average molecular weight is 455 g/mol. The van der Waals surface area contributed by atoms with Crippen molar-refractivity contribution in [1.29, 1.82) is 0 Å². The number of benzene rings is 3. The quantitative estimate of drug-likeness (QED) is 0.252. The Morgan fingerprint density at radius 3 is 2.29 bits per heavy atom. The Balaban J connectivity index is 1.59. The Labute approximate surface area is 177 Å². The summed E-state index contributed by atoms with van der Waals surface area (Å²) < 4.78 is 0.988. The van der Waals surface area contributed by atoms with Crippen LogP contribution in [0.15, 0.2) is 88.5 Å². The van der Waals surface area contributed by atoms with Crippen molar-refractivity contribution in [3.05, 3.63) is 105 Å². The second kappa shape index (κ2) is 8.29. The molecule has 0 saturated heterocycles. The molecule has 2 atom stereocenters. The highest BCUT2D eigenvalue weighted by Gasteiger charge is 2.43. The van der Waals surface area contributed by atoms with Crippen LogP contribution in [0.5, 0.6) is 0 Å². The Bertz CT molecular complexity index is 1000. The highest BCUT2D eigenvalue weighted by atomic mass is 79.9. The molecule has 1 aliphatic carbocycles. The van der Waals surface area contributed by atoms with Gasteiger partial charge >= 0.3 is 5.97 Å². The maximum absolute atomic E-state index is 12.3. The van der Waals surface area contributed by atoms with Crippen molar-refractivity contribution in [1.82, 2.24) is 0 Å². The van der Waals surface area contributed by atoms with Gasteiger partial charge in [-0.1, -0.05) is 75.2 Å². The lowest BCUT2D eigenvalue weighted by Gasteiger charge is -2.07. The van der Waals surface area contributed by atoms with Crippen molar-refractivity contribution >= 4 is 39.2 Å². The van der Waals surface area contributed by atoms with Crippen molar-refractivity contribution < 1.29 is 9.63 Å². The first-order valence-electron chi connectivity index (χ1n) is 8.97. The first kappa shape index (κ1) is 18.9. The Morgan fingerprint density at radius 1 is 0.929 bits per heavy atom. The summed E-state index contributed by atoms with van der Waals surface area (Å²) in [4.78, 5) is 17.6. The number of carbonyl (C=O) groups is 1. The van der Waals surface area contributed by atoms with Crippen molar-refractivity contribution in [3.8, 4) is 0 Å². The molecule has 0 spiro atoms. The van der Waals surface area contributed by atoms with E-state index in [1.807, 2.05) is 54.6 Å². The normalized spacial score (nSPS) is 18.6. The molecule has 0 unspecified atom stereocenters. The summed E-state index contributed by atoms with van der Waals surface area (Å²) in [7, 11) is 0. The summed E-state index contributed by atoms with van der Waals surface area (Å²) in [6.45, 7) is 0. The molecule has 1 fully saturated rings. The van der Waals surface area contributed by atoms with Gasteiger partial charge in [0.25, 0.3) is 0 Å². The molecule has 0 aromatic heterocycles. The molecule has 140 valence electrons. The van der Waals surface area contributed by atoms with Crippen LogP contribution in [0.3, 0.4) is 0 Å². The smallest absolute Gasteiger partial charge is 0.313 e. The molecule has 0 N–H and O–H groups in total. The lowest BCUT2D eigenvalue weighted by Crippen LogP contribution is -2.09.